The molecule has 0 atom stereocenters. The third-order valence-electron chi connectivity index (χ3n) is 3.10. The van der Waals surface area contributed by atoms with Crippen molar-refractivity contribution in [2.24, 2.45) is 5.10 Å². The fourth-order valence-corrected chi connectivity index (χ4v) is 2.00. The molecule has 0 aliphatic rings. The largest absolute Gasteiger partial charge is 0.493 e. The second-order valence-corrected chi connectivity index (χ2v) is 4.52. The summed E-state index contributed by atoms with van der Waals surface area (Å²) in [7, 11) is 4.61. The summed E-state index contributed by atoms with van der Waals surface area (Å²) in [6.07, 6.45) is 1.51. The molecule has 0 aliphatic heterocycles. The van der Waals surface area contributed by atoms with Gasteiger partial charge in [-0.25, -0.2) is 5.43 Å². The number of nitrogens with zero attached hydrogens (tertiary/aromatic N) is 1. The molecule has 6 nitrogen and oxygen atoms in total. The molecule has 0 heterocycles. The lowest BCUT2D eigenvalue weighted by atomic mass is 10.2. The van der Waals surface area contributed by atoms with Gasteiger partial charge in [0.15, 0.2) is 11.5 Å². The van der Waals surface area contributed by atoms with Gasteiger partial charge >= 0.3 is 0 Å². The summed E-state index contributed by atoms with van der Waals surface area (Å²) >= 11 is 0. The van der Waals surface area contributed by atoms with Gasteiger partial charge in [-0.15, -0.1) is 0 Å². The molecule has 0 bridgehead atoms. The molecule has 120 valence electrons. The Labute approximate surface area is 134 Å². The Balaban J connectivity index is 2.15. The standard InChI is InChI=1S/C17H18N2O4/c1-21-14-9-12(10-15(22-2)16(14)23-3)11-18-19-17(20)13-7-5-4-6-8-13/h4-11H,1-3H3,(H,19,20). The first-order valence-electron chi connectivity index (χ1n) is 6.88. The van der Waals surface area contributed by atoms with Crippen molar-refractivity contribution in [2.45, 2.75) is 0 Å². The summed E-state index contributed by atoms with van der Waals surface area (Å²) in [5.74, 6) is 1.25. The van der Waals surface area contributed by atoms with Crippen LogP contribution < -0.4 is 19.6 Å². The first kappa shape index (κ1) is 16.4. The summed E-state index contributed by atoms with van der Waals surface area (Å²) in [6, 6.07) is 12.3. The zero-order valence-electron chi connectivity index (χ0n) is 13.2. The average molecular weight is 314 g/mol. The van der Waals surface area contributed by atoms with Gasteiger partial charge < -0.3 is 14.2 Å². The van der Waals surface area contributed by atoms with Crippen molar-refractivity contribution in [3.05, 3.63) is 53.6 Å². The SMILES string of the molecule is COc1cc(C=NNC(=O)c2ccccc2)cc(OC)c1OC. The fourth-order valence-electron chi connectivity index (χ4n) is 2.00. The van der Waals surface area contributed by atoms with Crippen molar-refractivity contribution in [3.8, 4) is 17.2 Å². The quantitative estimate of drug-likeness (QED) is 0.657. The Hall–Kier alpha value is -3.02. The predicted molar refractivity (Wildman–Crippen MR) is 87.6 cm³/mol. The monoisotopic (exact) mass is 314 g/mol. The average Bonchev–Trinajstić information content (AvgIpc) is 2.61. The van der Waals surface area contributed by atoms with Crippen LogP contribution in [0.4, 0.5) is 0 Å². The summed E-state index contributed by atoms with van der Waals surface area (Å²) < 4.78 is 15.8. The number of hydrogen-bond acceptors (Lipinski definition) is 5. The van der Waals surface area contributed by atoms with Crippen LogP contribution in [0.1, 0.15) is 15.9 Å². The Kier molecular flexibility index (Phi) is 5.57. The van der Waals surface area contributed by atoms with E-state index in [2.05, 4.69) is 10.5 Å². The van der Waals surface area contributed by atoms with Gasteiger partial charge in [-0.05, 0) is 24.3 Å². The van der Waals surface area contributed by atoms with Crippen LogP contribution in [0.5, 0.6) is 17.2 Å². The number of carbonyl (C=O) groups is 1. The highest BCUT2D eigenvalue weighted by Crippen LogP contribution is 2.37. The Morgan fingerprint density at radius 1 is 1.00 bits per heavy atom. The maximum Gasteiger partial charge on any atom is 0.271 e. The van der Waals surface area contributed by atoms with Crippen LogP contribution >= 0.6 is 0 Å². The van der Waals surface area contributed by atoms with Crippen LogP contribution in [0.2, 0.25) is 0 Å². The maximum absolute atomic E-state index is 11.9. The molecule has 23 heavy (non-hydrogen) atoms. The van der Waals surface area contributed by atoms with Gasteiger partial charge in [0.2, 0.25) is 5.75 Å². The van der Waals surface area contributed by atoms with E-state index in [4.69, 9.17) is 14.2 Å². The van der Waals surface area contributed by atoms with Crippen molar-refractivity contribution in [3.63, 3.8) is 0 Å². The molecule has 6 heteroatoms. The summed E-state index contributed by atoms with van der Waals surface area (Å²) in [4.78, 5) is 11.9. The third-order valence-corrected chi connectivity index (χ3v) is 3.10. The highest BCUT2D eigenvalue weighted by molar-refractivity contribution is 5.94. The number of amides is 1. The first-order chi connectivity index (χ1) is 11.2. The predicted octanol–water partition coefficient (Wildman–Crippen LogP) is 2.48. The molecule has 0 aliphatic carbocycles. The normalized spacial score (nSPS) is 10.4. The van der Waals surface area contributed by atoms with Gasteiger partial charge in [-0.1, -0.05) is 18.2 Å². The minimum Gasteiger partial charge on any atom is -0.493 e. The molecule has 0 aromatic heterocycles. The molecule has 0 spiro atoms. The minimum absolute atomic E-state index is 0.283. The van der Waals surface area contributed by atoms with Gasteiger partial charge in [0.25, 0.3) is 5.91 Å². The molecule has 0 radical (unpaired) electrons. The van der Waals surface area contributed by atoms with Gasteiger partial charge in [0, 0.05) is 11.1 Å². The first-order valence-corrected chi connectivity index (χ1v) is 6.88. The number of nitrogens with one attached hydrogen (secondary N) is 1. The topological polar surface area (TPSA) is 69.2 Å². The molecule has 2 aromatic rings. The Morgan fingerprint density at radius 3 is 2.13 bits per heavy atom. The van der Waals surface area contributed by atoms with Crippen LogP contribution in [0.15, 0.2) is 47.6 Å². The zero-order chi connectivity index (χ0) is 16.7. The lowest BCUT2D eigenvalue weighted by Gasteiger charge is -2.12. The third kappa shape index (κ3) is 4.00. The van der Waals surface area contributed by atoms with Crippen LogP contribution in [-0.4, -0.2) is 33.5 Å². The summed E-state index contributed by atoms with van der Waals surface area (Å²) in [5, 5.41) is 3.95. The number of methoxy groups -OCH3 is 3. The smallest absolute Gasteiger partial charge is 0.271 e. The lowest BCUT2D eigenvalue weighted by Crippen LogP contribution is -2.17. The van der Waals surface area contributed by atoms with Crippen molar-refractivity contribution in [2.75, 3.05) is 21.3 Å². The highest BCUT2D eigenvalue weighted by atomic mass is 16.5. The minimum atomic E-state index is -0.283. The van der Waals surface area contributed by atoms with Crippen LogP contribution in [-0.2, 0) is 0 Å². The van der Waals surface area contributed by atoms with Crippen molar-refractivity contribution in [1.29, 1.82) is 0 Å². The number of ether oxygens (including phenoxy) is 3. The molecule has 0 unspecified atom stereocenters. The van der Waals surface area contributed by atoms with E-state index in [0.717, 1.165) is 0 Å². The van der Waals surface area contributed by atoms with Crippen molar-refractivity contribution in [1.82, 2.24) is 5.43 Å². The number of hydrogen-bond donors (Lipinski definition) is 1. The van der Waals surface area contributed by atoms with Gasteiger partial charge in [0.05, 0.1) is 27.5 Å². The number of rotatable bonds is 6. The molecular formula is C17H18N2O4. The van der Waals surface area contributed by atoms with E-state index < -0.39 is 0 Å². The van der Waals surface area contributed by atoms with Crippen molar-refractivity contribution < 1.29 is 19.0 Å². The van der Waals surface area contributed by atoms with E-state index in [1.807, 2.05) is 6.07 Å². The Bertz CT molecular complexity index is 674. The summed E-state index contributed by atoms with van der Waals surface area (Å²) in [5.41, 5.74) is 3.71. The fraction of sp³-hybridized carbons (Fsp3) is 0.176. The van der Waals surface area contributed by atoms with E-state index in [1.165, 1.54) is 27.5 Å². The van der Waals surface area contributed by atoms with E-state index in [1.54, 1.807) is 36.4 Å². The molecule has 2 aromatic carbocycles. The zero-order valence-corrected chi connectivity index (χ0v) is 13.2. The van der Waals surface area contributed by atoms with Crippen LogP contribution in [0.3, 0.4) is 0 Å². The molecule has 0 saturated heterocycles. The van der Waals surface area contributed by atoms with E-state index in [9.17, 15) is 4.79 Å². The molecule has 0 saturated carbocycles. The van der Waals surface area contributed by atoms with Crippen molar-refractivity contribution >= 4 is 12.1 Å². The van der Waals surface area contributed by atoms with E-state index >= 15 is 0 Å². The molecular weight excluding hydrogens is 296 g/mol. The van der Waals surface area contributed by atoms with Crippen LogP contribution in [0, 0.1) is 0 Å². The highest BCUT2D eigenvalue weighted by Gasteiger charge is 2.12. The maximum atomic E-state index is 11.9. The van der Waals surface area contributed by atoms with E-state index in [-0.39, 0.29) is 5.91 Å². The van der Waals surface area contributed by atoms with E-state index in [0.29, 0.717) is 28.4 Å². The van der Waals surface area contributed by atoms with Gasteiger partial charge in [-0.2, -0.15) is 5.10 Å². The van der Waals surface area contributed by atoms with Crippen LogP contribution in [0.25, 0.3) is 0 Å². The van der Waals surface area contributed by atoms with Gasteiger partial charge in [0.1, 0.15) is 0 Å². The lowest BCUT2D eigenvalue weighted by molar-refractivity contribution is 0.0955. The number of carbonyl (C=O) groups excluding carboxylic acids is 1. The number of hydrazone groups is 1. The molecule has 1 amide bonds. The second-order valence-electron chi connectivity index (χ2n) is 4.52. The second kappa shape index (κ2) is 7.84. The number of benzene rings is 2. The molecule has 0 fully saturated rings. The molecule has 2 rings (SSSR count). The summed E-state index contributed by atoms with van der Waals surface area (Å²) in [6.45, 7) is 0. The molecule has 1 N–H and O–H groups in total. The Morgan fingerprint density at radius 2 is 1.61 bits per heavy atom. The van der Waals surface area contributed by atoms with Gasteiger partial charge in [-0.3, -0.25) is 4.79 Å².